The lowest BCUT2D eigenvalue weighted by molar-refractivity contribution is -0.909. The number of carbonyl (C=O) groups is 1. The SMILES string of the molecule is CCCCCCCCCCCCOC(C(=O)O)[N+](C)(C)C.[Cl-].[Cl-].[NH4+]. The Morgan fingerprint density at radius 1 is 0.875 bits per heavy atom. The number of unbranched alkanes of at least 4 members (excludes halogenated alkanes) is 9. The van der Waals surface area contributed by atoms with Crippen molar-refractivity contribution in [1.29, 1.82) is 0 Å². The number of rotatable bonds is 14. The summed E-state index contributed by atoms with van der Waals surface area (Å²) in [4.78, 5) is 11.1. The first-order chi connectivity index (χ1) is 9.89. The Labute approximate surface area is 161 Å². The Morgan fingerprint density at radius 2 is 1.25 bits per heavy atom. The average Bonchev–Trinajstić information content (AvgIpc) is 2.38. The molecule has 0 aliphatic rings. The van der Waals surface area contributed by atoms with Crippen molar-refractivity contribution in [2.75, 3.05) is 27.7 Å². The maximum Gasteiger partial charge on any atom is 0.392 e. The summed E-state index contributed by atoms with van der Waals surface area (Å²) in [6, 6.07) is 0. The largest absolute Gasteiger partial charge is 1.00 e. The van der Waals surface area contributed by atoms with Gasteiger partial charge in [0.05, 0.1) is 27.7 Å². The Kier molecular flexibility index (Phi) is 25.4. The molecule has 1 unspecified atom stereocenters. The maximum absolute atomic E-state index is 11.1. The average molecular weight is 391 g/mol. The van der Waals surface area contributed by atoms with Crippen molar-refractivity contribution < 1.29 is 43.9 Å². The topological polar surface area (TPSA) is 83.0 Å². The molecule has 0 fully saturated rings. The fourth-order valence-corrected chi connectivity index (χ4v) is 2.41. The van der Waals surface area contributed by atoms with Crippen LogP contribution in [0.2, 0.25) is 0 Å². The van der Waals surface area contributed by atoms with E-state index < -0.39 is 12.2 Å². The van der Waals surface area contributed by atoms with Crippen molar-refractivity contribution >= 4 is 5.97 Å². The number of carboxylic acid groups (broad SMARTS) is 1. The van der Waals surface area contributed by atoms with E-state index in [0.717, 1.165) is 12.8 Å². The van der Waals surface area contributed by atoms with Gasteiger partial charge in [0.1, 0.15) is 0 Å². The summed E-state index contributed by atoms with van der Waals surface area (Å²) in [5.74, 6) is -0.880. The van der Waals surface area contributed by atoms with E-state index in [1.165, 1.54) is 51.4 Å². The van der Waals surface area contributed by atoms with Gasteiger partial charge in [-0.3, -0.25) is 4.48 Å². The van der Waals surface area contributed by atoms with Crippen molar-refractivity contribution in [1.82, 2.24) is 6.15 Å². The van der Waals surface area contributed by atoms with E-state index in [-0.39, 0.29) is 31.0 Å². The first kappa shape index (κ1) is 31.7. The minimum absolute atomic E-state index is 0. The highest BCUT2D eigenvalue weighted by Gasteiger charge is 2.31. The molecule has 5 N–H and O–H groups in total. The van der Waals surface area contributed by atoms with Crippen LogP contribution in [0, 0.1) is 0 Å². The molecule has 0 aliphatic carbocycles. The normalized spacial score (nSPS) is 11.7. The number of likely N-dealkylation sites (N-methyl/N-ethyl adjacent to an activating group) is 1. The van der Waals surface area contributed by atoms with Crippen LogP contribution in [0.5, 0.6) is 0 Å². The lowest BCUT2D eigenvalue weighted by Gasteiger charge is -2.30. The molecule has 5 nitrogen and oxygen atoms in total. The third-order valence-electron chi connectivity index (χ3n) is 3.69. The monoisotopic (exact) mass is 390 g/mol. The Hall–Kier alpha value is -0.0700. The molecular weight excluding hydrogens is 351 g/mol. The number of hydrogen-bond donors (Lipinski definition) is 2. The van der Waals surface area contributed by atoms with Gasteiger partial charge in [-0.05, 0) is 6.42 Å². The molecule has 0 saturated heterocycles. The zero-order chi connectivity index (χ0) is 16.1. The standard InChI is InChI=1S/C17H35NO3.2ClH.H3N/c1-5-6-7-8-9-10-11-12-13-14-15-21-16(17(19)20)18(2,3)4;;;/h16H,5-15H2,1-4H3;2*1H;1H3. The second-order valence-corrected chi connectivity index (χ2v) is 6.86. The molecule has 0 aromatic rings. The number of halogens is 2. The quantitative estimate of drug-likeness (QED) is 0.213. The molecule has 0 aromatic carbocycles. The first-order valence-electron chi connectivity index (χ1n) is 8.55. The highest BCUT2D eigenvalue weighted by molar-refractivity contribution is 5.70. The highest BCUT2D eigenvalue weighted by atomic mass is 35.5. The van der Waals surface area contributed by atoms with E-state index in [1.54, 1.807) is 0 Å². The molecule has 0 saturated carbocycles. The molecular formula is C17H40Cl2N2O3. The van der Waals surface area contributed by atoms with Gasteiger partial charge >= 0.3 is 5.97 Å². The molecule has 0 bridgehead atoms. The van der Waals surface area contributed by atoms with E-state index in [0.29, 0.717) is 11.1 Å². The molecule has 0 heterocycles. The summed E-state index contributed by atoms with van der Waals surface area (Å²) in [7, 11) is 5.53. The lowest BCUT2D eigenvalue weighted by Crippen LogP contribution is -3.00. The van der Waals surface area contributed by atoms with Gasteiger partial charge in [-0.1, -0.05) is 64.7 Å². The summed E-state index contributed by atoms with van der Waals surface area (Å²) < 4.78 is 5.81. The van der Waals surface area contributed by atoms with Gasteiger partial charge in [-0.25, -0.2) is 4.79 Å². The summed E-state index contributed by atoms with van der Waals surface area (Å²) >= 11 is 0. The Morgan fingerprint density at radius 3 is 1.58 bits per heavy atom. The third-order valence-corrected chi connectivity index (χ3v) is 3.69. The molecule has 0 aromatic heterocycles. The number of quaternary nitrogens is 2. The number of ether oxygens (including phenoxy) is 1. The van der Waals surface area contributed by atoms with Gasteiger partial charge in [-0.15, -0.1) is 0 Å². The van der Waals surface area contributed by atoms with Crippen LogP contribution >= 0.6 is 0 Å². The van der Waals surface area contributed by atoms with Crippen LogP contribution < -0.4 is 31.0 Å². The van der Waals surface area contributed by atoms with Gasteiger partial charge in [0.15, 0.2) is 0 Å². The van der Waals surface area contributed by atoms with Gasteiger partial charge in [-0.2, -0.15) is 0 Å². The van der Waals surface area contributed by atoms with Crippen LogP contribution in [0.4, 0.5) is 0 Å². The maximum atomic E-state index is 11.1. The van der Waals surface area contributed by atoms with Crippen molar-refractivity contribution in [2.45, 2.75) is 77.4 Å². The highest BCUT2D eigenvalue weighted by Crippen LogP contribution is 2.11. The van der Waals surface area contributed by atoms with Crippen LogP contribution in [-0.2, 0) is 9.53 Å². The summed E-state index contributed by atoms with van der Waals surface area (Å²) in [5.41, 5.74) is 0. The number of nitrogens with zero attached hydrogens (tertiary/aromatic N) is 1. The van der Waals surface area contributed by atoms with E-state index in [4.69, 9.17) is 9.84 Å². The molecule has 7 heteroatoms. The molecule has 150 valence electrons. The molecule has 0 radical (unpaired) electrons. The van der Waals surface area contributed by atoms with E-state index in [1.807, 2.05) is 21.1 Å². The van der Waals surface area contributed by atoms with Crippen LogP contribution in [0.15, 0.2) is 0 Å². The van der Waals surface area contributed by atoms with Crippen molar-refractivity contribution in [3.8, 4) is 0 Å². The fourth-order valence-electron chi connectivity index (χ4n) is 2.41. The Balaban J connectivity index is -0.000000667. The number of aliphatic carboxylic acids is 1. The van der Waals surface area contributed by atoms with Gasteiger partial charge in [0.2, 0.25) is 0 Å². The van der Waals surface area contributed by atoms with E-state index in [2.05, 4.69) is 6.92 Å². The van der Waals surface area contributed by atoms with E-state index in [9.17, 15) is 4.79 Å². The van der Waals surface area contributed by atoms with Crippen LogP contribution in [0.3, 0.4) is 0 Å². The second kappa shape index (κ2) is 19.3. The van der Waals surface area contributed by atoms with Crippen molar-refractivity contribution in [2.24, 2.45) is 0 Å². The van der Waals surface area contributed by atoms with Gasteiger partial charge < -0.3 is 40.8 Å². The summed E-state index contributed by atoms with van der Waals surface area (Å²) in [5, 5.41) is 9.13. The zero-order valence-electron chi connectivity index (χ0n) is 16.3. The van der Waals surface area contributed by atoms with E-state index >= 15 is 0 Å². The zero-order valence-corrected chi connectivity index (χ0v) is 17.8. The molecule has 0 spiro atoms. The number of hydrogen-bond acceptors (Lipinski definition) is 2. The lowest BCUT2D eigenvalue weighted by atomic mass is 10.1. The molecule has 1 atom stereocenters. The van der Waals surface area contributed by atoms with Gasteiger partial charge in [0.25, 0.3) is 6.23 Å². The minimum Gasteiger partial charge on any atom is -1.00 e. The fraction of sp³-hybridized carbons (Fsp3) is 0.941. The molecule has 0 amide bonds. The van der Waals surface area contributed by atoms with Crippen LogP contribution in [-0.4, -0.2) is 49.5 Å². The van der Waals surface area contributed by atoms with Crippen LogP contribution in [0.1, 0.15) is 71.1 Å². The predicted molar refractivity (Wildman–Crippen MR) is 93.2 cm³/mol. The molecule has 0 rings (SSSR count). The number of carboxylic acids is 1. The van der Waals surface area contributed by atoms with Crippen molar-refractivity contribution in [3.63, 3.8) is 0 Å². The predicted octanol–water partition coefficient (Wildman–Crippen LogP) is -1.57. The Bertz CT molecular complexity index is 275. The van der Waals surface area contributed by atoms with Crippen molar-refractivity contribution in [3.05, 3.63) is 0 Å². The smallest absolute Gasteiger partial charge is 0.392 e. The third kappa shape index (κ3) is 18.3. The van der Waals surface area contributed by atoms with Crippen LogP contribution in [0.25, 0.3) is 0 Å². The summed E-state index contributed by atoms with van der Waals surface area (Å²) in [6.45, 7) is 2.79. The second-order valence-electron chi connectivity index (χ2n) is 6.86. The van der Waals surface area contributed by atoms with Gasteiger partial charge in [0, 0.05) is 0 Å². The first-order valence-corrected chi connectivity index (χ1v) is 8.55. The molecule has 0 aliphatic heterocycles. The minimum atomic E-state index is -0.880. The summed E-state index contributed by atoms with van der Waals surface area (Å²) in [6.07, 6.45) is 12.0. The molecule has 24 heavy (non-hydrogen) atoms.